The summed E-state index contributed by atoms with van der Waals surface area (Å²) in [6.07, 6.45) is -0.560. The molecule has 1 rings (SSSR count). The number of hydrogen-bond acceptors (Lipinski definition) is 4. The number of ether oxygens (including phenoxy) is 2. The summed E-state index contributed by atoms with van der Waals surface area (Å²) in [6, 6.07) is 4.89. The van der Waals surface area contributed by atoms with Crippen molar-refractivity contribution in [2.24, 2.45) is 0 Å². The first-order valence-corrected chi connectivity index (χ1v) is 7.07. The lowest BCUT2D eigenvalue weighted by atomic mass is 10.2. The normalized spacial score (nSPS) is 10.8. The number of halogens is 1. The molecule has 0 radical (unpaired) electrons. The number of carbonyl (C=O) groups excluding carboxylic acids is 2. The Morgan fingerprint density at radius 1 is 1.32 bits per heavy atom. The second-order valence-corrected chi connectivity index (χ2v) is 6.14. The minimum atomic E-state index is -0.606. The Labute approximate surface area is 135 Å². The molecule has 0 aromatic heterocycles. The van der Waals surface area contributed by atoms with Crippen LogP contribution in [0, 0.1) is 0 Å². The van der Waals surface area contributed by atoms with Crippen LogP contribution in [0.3, 0.4) is 0 Å². The van der Waals surface area contributed by atoms with Crippen molar-refractivity contribution < 1.29 is 19.1 Å². The first-order valence-electron chi connectivity index (χ1n) is 6.70. The number of carbonyl (C=O) groups is 2. The summed E-state index contributed by atoms with van der Waals surface area (Å²) in [4.78, 5) is 24.9. The largest absolute Gasteiger partial charge is 0.495 e. The van der Waals surface area contributed by atoms with E-state index < -0.39 is 11.7 Å². The van der Waals surface area contributed by atoms with Gasteiger partial charge in [0.2, 0.25) is 5.91 Å². The number of benzene rings is 1. The molecule has 22 heavy (non-hydrogen) atoms. The first kappa shape index (κ1) is 18.1. The highest BCUT2D eigenvalue weighted by Crippen LogP contribution is 2.27. The maximum absolute atomic E-state index is 11.9. The van der Waals surface area contributed by atoms with Gasteiger partial charge in [-0.15, -0.1) is 0 Å². The van der Waals surface area contributed by atoms with Gasteiger partial charge in [0, 0.05) is 12.7 Å². The summed E-state index contributed by atoms with van der Waals surface area (Å²) >= 11 is 5.98. The van der Waals surface area contributed by atoms with Crippen molar-refractivity contribution in [3.63, 3.8) is 0 Å². The molecule has 6 nitrogen and oxygen atoms in total. The van der Waals surface area contributed by atoms with E-state index in [9.17, 15) is 9.59 Å². The number of likely N-dealkylation sites (N-methyl/N-ethyl adjacent to an activating group) is 1. The Morgan fingerprint density at radius 3 is 2.45 bits per heavy atom. The van der Waals surface area contributed by atoms with E-state index in [1.54, 1.807) is 39.0 Å². The lowest BCUT2D eigenvalue weighted by molar-refractivity contribution is -0.117. The highest BCUT2D eigenvalue weighted by Gasteiger charge is 2.21. The molecule has 0 aliphatic rings. The van der Waals surface area contributed by atoms with Crippen LogP contribution < -0.4 is 10.1 Å². The molecule has 1 aromatic rings. The molecule has 0 heterocycles. The average molecular weight is 329 g/mol. The number of rotatable bonds is 4. The summed E-state index contributed by atoms with van der Waals surface area (Å²) in [6.45, 7) is 5.16. The fraction of sp³-hybridized carbons (Fsp3) is 0.467. The predicted octanol–water partition coefficient (Wildman–Crippen LogP) is 3.15. The van der Waals surface area contributed by atoms with Crippen molar-refractivity contribution in [3.8, 4) is 5.75 Å². The van der Waals surface area contributed by atoms with Crippen molar-refractivity contribution >= 4 is 29.3 Å². The van der Waals surface area contributed by atoms with Crippen LogP contribution in [0.2, 0.25) is 5.02 Å². The summed E-state index contributed by atoms with van der Waals surface area (Å²) in [5.41, 5.74) is -0.0842. The van der Waals surface area contributed by atoms with E-state index in [1.807, 2.05) is 0 Å². The van der Waals surface area contributed by atoms with Crippen LogP contribution in [0.15, 0.2) is 18.2 Å². The molecule has 0 saturated heterocycles. The zero-order chi connectivity index (χ0) is 16.9. The number of nitrogens with one attached hydrogen (secondary N) is 1. The van der Waals surface area contributed by atoms with Crippen LogP contribution in [-0.2, 0) is 9.53 Å². The van der Waals surface area contributed by atoms with Crippen molar-refractivity contribution in [2.45, 2.75) is 26.4 Å². The van der Waals surface area contributed by atoms with Crippen LogP contribution >= 0.6 is 11.6 Å². The zero-order valence-electron chi connectivity index (χ0n) is 13.4. The predicted molar refractivity (Wildman–Crippen MR) is 85.5 cm³/mol. The van der Waals surface area contributed by atoms with E-state index in [4.69, 9.17) is 21.1 Å². The van der Waals surface area contributed by atoms with Crippen LogP contribution in [0.1, 0.15) is 20.8 Å². The Kier molecular flexibility index (Phi) is 6.05. The molecule has 0 fully saturated rings. The molecule has 0 aliphatic carbocycles. The fourth-order valence-electron chi connectivity index (χ4n) is 1.56. The highest BCUT2D eigenvalue weighted by atomic mass is 35.5. The van der Waals surface area contributed by atoms with Crippen LogP contribution in [-0.4, -0.2) is 43.2 Å². The minimum absolute atomic E-state index is 0.126. The fourth-order valence-corrected chi connectivity index (χ4v) is 1.82. The molecule has 0 atom stereocenters. The van der Waals surface area contributed by atoms with Gasteiger partial charge in [-0.1, -0.05) is 11.6 Å². The van der Waals surface area contributed by atoms with Crippen LogP contribution in [0.4, 0.5) is 10.5 Å². The Hall–Kier alpha value is -1.95. The number of nitrogens with zero attached hydrogens (tertiary/aromatic N) is 1. The molecular formula is C15H21ClN2O4. The van der Waals surface area contributed by atoms with Gasteiger partial charge in [-0.25, -0.2) is 4.79 Å². The van der Waals surface area contributed by atoms with Gasteiger partial charge in [0.05, 0.1) is 12.1 Å². The molecule has 0 aliphatic heterocycles. The van der Waals surface area contributed by atoms with E-state index >= 15 is 0 Å². The van der Waals surface area contributed by atoms with Crippen molar-refractivity contribution in [1.29, 1.82) is 0 Å². The standard InChI is InChI=1S/C15H21ClN2O4/c1-15(2,3)22-14(20)18(4)9-13(19)17-10-6-7-12(21-5)11(16)8-10/h6-8H,9H2,1-5H3,(H,17,19). The van der Waals surface area contributed by atoms with Gasteiger partial charge in [-0.3, -0.25) is 4.79 Å². The molecule has 7 heteroatoms. The smallest absolute Gasteiger partial charge is 0.410 e. The Morgan fingerprint density at radius 2 is 1.95 bits per heavy atom. The van der Waals surface area contributed by atoms with Crippen LogP contribution in [0.5, 0.6) is 5.75 Å². The highest BCUT2D eigenvalue weighted by molar-refractivity contribution is 6.32. The summed E-state index contributed by atoms with van der Waals surface area (Å²) in [7, 11) is 3.00. The van der Waals surface area contributed by atoms with Gasteiger partial charge in [-0.05, 0) is 39.0 Å². The maximum atomic E-state index is 11.9. The third-order valence-electron chi connectivity index (χ3n) is 2.52. The number of hydrogen-bond donors (Lipinski definition) is 1. The molecule has 0 saturated carbocycles. The quantitative estimate of drug-likeness (QED) is 0.922. The van der Waals surface area contributed by atoms with E-state index in [0.717, 1.165) is 0 Å². The second kappa shape index (κ2) is 7.35. The number of amides is 2. The second-order valence-electron chi connectivity index (χ2n) is 5.73. The molecular weight excluding hydrogens is 308 g/mol. The third kappa shape index (κ3) is 5.81. The monoisotopic (exact) mass is 328 g/mol. The molecule has 0 unspecified atom stereocenters. The summed E-state index contributed by atoms with van der Waals surface area (Å²) in [5.74, 6) is 0.167. The third-order valence-corrected chi connectivity index (χ3v) is 2.82. The van der Waals surface area contributed by atoms with E-state index in [1.165, 1.54) is 19.1 Å². The topological polar surface area (TPSA) is 67.9 Å². The Bertz CT molecular complexity index is 555. The summed E-state index contributed by atoms with van der Waals surface area (Å²) in [5, 5.41) is 3.04. The first-order chi connectivity index (χ1) is 10.1. The number of anilines is 1. The SMILES string of the molecule is COc1ccc(NC(=O)CN(C)C(=O)OC(C)(C)C)cc1Cl. The molecule has 1 aromatic carbocycles. The maximum Gasteiger partial charge on any atom is 0.410 e. The van der Waals surface area contributed by atoms with Gasteiger partial charge in [0.15, 0.2) is 0 Å². The van der Waals surface area contributed by atoms with Gasteiger partial charge in [0.25, 0.3) is 0 Å². The Balaban J connectivity index is 2.59. The molecule has 0 bridgehead atoms. The van der Waals surface area contributed by atoms with Gasteiger partial charge in [-0.2, -0.15) is 0 Å². The molecule has 1 N–H and O–H groups in total. The number of methoxy groups -OCH3 is 1. The summed E-state index contributed by atoms with van der Waals surface area (Å²) < 4.78 is 10.2. The van der Waals surface area contributed by atoms with E-state index in [-0.39, 0.29) is 12.5 Å². The van der Waals surface area contributed by atoms with E-state index in [2.05, 4.69) is 5.32 Å². The average Bonchev–Trinajstić information content (AvgIpc) is 2.36. The lowest BCUT2D eigenvalue weighted by Crippen LogP contribution is -2.38. The zero-order valence-corrected chi connectivity index (χ0v) is 14.2. The van der Waals surface area contributed by atoms with Crippen molar-refractivity contribution in [1.82, 2.24) is 4.90 Å². The van der Waals surface area contributed by atoms with Gasteiger partial charge < -0.3 is 19.7 Å². The van der Waals surface area contributed by atoms with Crippen molar-refractivity contribution in [3.05, 3.63) is 23.2 Å². The lowest BCUT2D eigenvalue weighted by Gasteiger charge is -2.24. The minimum Gasteiger partial charge on any atom is -0.495 e. The molecule has 122 valence electrons. The van der Waals surface area contributed by atoms with Crippen LogP contribution in [0.25, 0.3) is 0 Å². The molecule has 2 amide bonds. The van der Waals surface area contributed by atoms with E-state index in [0.29, 0.717) is 16.5 Å². The van der Waals surface area contributed by atoms with Gasteiger partial charge >= 0.3 is 6.09 Å². The van der Waals surface area contributed by atoms with Crippen molar-refractivity contribution in [2.75, 3.05) is 26.0 Å². The molecule has 0 spiro atoms. The van der Waals surface area contributed by atoms with Gasteiger partial charge in [0.1, 0.15) is 17.9 Å².